The van der Waals surface area contributed by atoms with E-state index in [0.717, 1.165) is 22.4 Å². The van der Waals surface area contributed by atoms with E-state index in [0.29, 0.717) is 5.69 Å². The van der Waals surface area contributed by atoms with Crippen molar-refractivity contribution in [1.82, 2.24) is 0 Å². The summed E-state index contributed by atoms with van der Waals surface area (Å²) in [5, 5.41) is 0. The number of methoxy groups -OCH3 is 1. The maximum Gasteiger partial charge on any atom is 0.264 e. The van der Waals surface area contributed by atoms with E-state index >= 15 is 0 Å². The minimum atomic E-state index is -3.70. The number of hydrogen-bond acceptors (Lipinski definition) is 3. The highest BCUT2D eigenvalue weighted by atomic mass is 32.2. The Morgan fingerprint density at radius 2 is 1.30 bits per heavy atom. The maximum absolute atomic E-state index is 13.4. The lowest BCUT2D eigenvalue weighted by atomic mass is 10.2. The molecule has 27 heavy (non-hydrogen) atoms. The molecule has 140 valence electrons. The zero-order chi connectivity index (χ0) is 19.4. The minimum absolute atomic E-state index is 0.239. The third-order valence-corrected chi connectivity index (χ3v) is 6.20. The molecule has 0 radical (unpaired) electrons. The highest BCUT2D eigenvalue weighted by Gasteiger charge is 2.25. The summed E-state index contributed by atoms with van der Waals surface area (Å²) in [4.78, 5) is 0.280. The predicted octanol–water partition coefficient (Wildman–Crippen LogP) is 4.71. The van der Waals surface area contributed by atoms with Crippen LogP contribution in [0.15, 0.2) is 77.7 Å². The van der Waals surface area contributed by atoms with Gasteiger partial charge in [-0.25, -0.2) is 8.42 Å². The number of rotatable bonds is 6. The molecule has 0 saturated heterocycles. The molecule has 0 atom stereocenters. The molecule has 5 heteroatoms. The first-order valence-corrected chi connectivity index (χ1v) is 10.1. The lowest BCUT2D eigenvalue weighted by Crippen LogP contribution is -2.30. The van der Waals surface area contributed by atoms with Gasteiger partial charge in [0, 0.05) is 0 Å². The van der Waals surface area contributed by atoms with Crippen molar-refractivity contribution in [3.63, 3.8) is 0 Å². The zero-order valence-corrected chi connectivity index (χ0v) is 16.5. The van der Waals surface area contributed by atoms with Crippen molar-refractivity contribution in [3.05, 3.63) is 89.5 Å². The molecule has 4 nitrogen and oxygen atoms in total. The molecule has 3 aromatic rings. The number of anilines is 1. The van der Waals surface area contributed by atoms with Crippen LogP contribution >= 0.6 is 0 Å². The van der Waals surface area contributed by atoms with E-state index in [1.54, 1.807) is 19.2 Å². The molecule has 0 spiro atoms. The molecule has 0 unspecified atom stereocenters. The summed E-state index contributed by atoms with van der Waals surface area (Å²) in [5.74, 6) is 0.738. The quantitative estimate of drug-likeness (QED) is 0.621. The Hall–Kier alpha value is -2.79. The van der Waals surface area contributed by atoms with Gasteiger partial charge < -0.3 is 4.74 Å². The zero-order valence-electron chi connectivity index (χ0n) is 15.7. The molecule has 0 saturated carbocycles. The van der Waals surface area contributed by atoms with Gasteiger partial charge in [0.15, 0.2) is 0 Å². The van der Waals surface area contributed by atoms with Gasteiger partial charge in [-0.3, -0.25) is 4.31 Å². The lowest BCUT2D eigenvalue weighted by Gasteiger charge is -2.25. The van der Waals surface area contributed by atoms with Crippen molar-refractivity contribution < 1.29 is 13.2 Å². The van der Waals surface area contributed by atoms with Crippen LogP contribution in [0.3, 0.4) is 0 Å². The normalized spacial score (nSPS) is 11.2. The molecule has 0 N–H and O–H groups in total. The molecule has 0 bridgehead atoms. The molecule has 0 aliphatic heterocycles. The van der Waals surface area contributed by atoms with Crippen molar-refractivity contribution in [2.45, 2.75) is 25.3 Å². The Labute approximate surface area is 161 Å². The second kappa shape index (κ2) is 7.84. The van der Waals surface area contributed by atoms with E-state index in [2.05, 4.69) is 0 Å². The third kappa shape index (κ3) is 4.31. The van der Waals surface area contributed by atoms with Crippen LogP contribution in [0.25, 0.3) is 0 Å². The lowest BCUT2D eigenvalue weighted by molar-refractivity contribution is 0.414. The van der Waals surface area contributed by atoms with Gasteiger partial charge in [0.2, 0.25) is 0 Å². The molecule has 0 aliphatic rings. The van der Waals surface area contributed by atoms with E-state index in [4.69, 9.17) is 4.74 Å². The minimum Gasteiger partial charge on any atom is -0.497 e. The van der Waals surface area contributed by atoms with Crippen molar-refractivity contribution in [1.29, 1.82) is 0 Å². The Bertz CT molecular complexity index is 993. The second-order valence-electron chi connectivity index (χ2n) is 6.51. The number of sulfonamides is 1. The van der Waals surface area contributed by atoms with Gasteiger partial charge in [0.05, 0.1) is 24.2 Å². The fourth-order valence-electron chi connectivity index (χ4n) is 2.76. The number of benzene rings is 3. The fraction of sp³-hybridized carbons (Fsp3) is 0.182. The van der Waals surface area contributed by atoms with Crippen molar-refractivity contribution >= 4 is 15.7 Å². The van der Waals surface area contributed by atoms with E-state index < -0.39 is 10.0 Å². The second-order valence-corrected chi connectivity index (χ2v) is 8.37. The number of hydrogen-bond donors (Lipinski definition) is 0. The van der Waals surface area contributed by atoms with E-state index in [-0.39, 0.29) is 11.4 Å². The predicted molar refractivity (Wildman–Crippen MR) is 109 cm³/mol. The molecule has 0 heterocycles. The Morgan fingerprint density at radius 1 is 0.778 bits per heavy atom. The standard InChI is InChI=1S/C22H23NO3S/c1-17-4-10-20(11-5-17)23(16-19-8-12-21(26-3)13-9-19)27(24,25)22-14-6-18(2)7-15-22/h4-15H,16H2,1-3H3. The highest BCUT2D eigenvalue weighted by Crippen LogP contribution is 2.27. The van der Waals surface area contributed by atoms with E-state index in [1.165, 1.54) is 4.31 Å². The average molecular weight is 381 g/mol. The topological polar surface area (TPSA) is 46.6 Å². The summed E-state index contributed by atoms with van der Waals surface area (Å²) >= 11 is 0. The smallest absolute Gasteiger partial charge is 0.264 e. The number of aryl methyl sites for hydroxylation is 2. The molecule has 3 rings (SSSR count). The SMILES string of the molecule is COc1ccc(CN(c2ccc(C)cc2)S(=O)(=O)c2ccc(C)cc2)cc1. The molecule has 0 aliphatic carbocycles. The first kappa shape index (κ1) is 19.0. The molecular weight excluding hydrogens is 358 g/mol. The molecule has 0 fully saturated rings. The number of nitrogens with zero attached hydrogens (tertiary/aromatic N) is 1. The summed E-state index contributed by atoms with van der Waals surface area (Å²) in [6, 6.07) is 21.9. The van der Waals surface area contributed by atoms with Crippen LogP contribution in [0.2, 0.25) is 0 Å². The fourth-order valence-corrected chi connectivity index (χ4v) is 4.21. The van der Waals surface area contributed by atoms with Crippen LogP contribution < -0.4 is 9.04 Å². The van der Waals surface area contributed by atoms with Crippen LogP contribution in [0, 0.1) is 13.8 Å². The number of ether oxygens (including phenoxy) is 1. The van der Waals surface area contributed by atoms with E-state index in [9.17, 15) is 8.42 Å². The largest absolute Gasteiger partial charge is 0.497 e. The molecule has 0 amide bonds. The van der Waals surface area contributed by atoms with Gasteiger partial charge in [-0.05, 0) is 55.8 Å². The van der Waals surface area contributed by atoms with Crippen molar-refractivity contribution in [3.8, 4) is 5.75 Å². The Kier molecular flexibility index (Phi) is 5.51. The summed E-state index contributed by atoms with van der Waals surface area (Å²) in [7, 11) is -2.09. The Morgan fingerprint density at radius 3 is 1.81 bits per heavy atom. The van der Waals surface area contributed by atoms with Crippen LogP contribution in [0.5, 0.6) is 5.75 Å². The monoisotopic (exact) mass is 381 g/mol. The van der Waals surface area contributed by atoms with Crippen molar-refractivity contribution in [2.24, 2.45) is 0 Å². The summed E-state index contributed by atoms with van der Waals surface area (Å²) in [6.45, 7) is 4.15. The Balaban J connectivity index is 2.03. The van der Waals surface area contributed by atoms with Crippen LogP contribution in [0.1, 0.15) is 16.7 Å². The van der Waals surface area contributed by atoms with E-state index in [1.807, 2.05) is 74.5 Å². The van der Waals surface area contributed by atoms with Crippen molar-refractivity contribution in [2.75, 3.05) is 11.4 Å². The first-order chi connectivity index (χ1) is 12.9. The van der Waals surface area contributed by atoms with Gasteiger partial charge in [-0.15, -0.1) is 0 Å². The van der Waals surface area contributed by atoms with Crippen LogP contribution in [-0.2, 0) is 16.6 Å². The summed E-state index contributed by atoms with van der Waals surface area (Å²) < 4.78 is 33.3. The summed E-state index contributed by atoms with van der Waals surface area (Å²) in [6.07, 6.45) is 0. The van der Waals surface area contributed by atoms with Gasteiger partial charge in [-0.1, -0.05) is 47.5 Å². The van der Waals surface area contributed by atoms with Gasteiger partial charge >= 0.3 is 0 Å². The molecule has 0 aromatic heterocycles. The van der Waals surface area contributed by atoms with Crippen LogP contribution in [-0.4, -0.2) is 15.5 Å². The molecular formula is C22H23NO3S. The van der Waals surface area contributed by atoms with Gasteiger partial charge in [-0.2, -0.15) is 0 Å². The maximum atomic E-state index is 13.4. The van der Waals surface area contributed by atoms with Gasteiger partial charge in [0.1, 0.15) is 5.75 Å². The average Bonchev–Trinajstić information content (AvgIpc) is 2.68. The summed E-state index contributed by atoms with van der Waals surface area (Å²) in [5.41, 5.74) is 3.62. The molecule has 3 aromatic carbocycles. The highest BCUT2D eigenvalue weighted by molar-refractivity contribution is 7.92. The first-order valence-electron chi connectivity index (χ1n) is 8.69. The van der Waals surface area contributed by atoms with Crippen LogP contribution in [0.4, 0.5) is 5.69 Å². The third-order valence-electron chi connectivity index (χ3n) is 4.42. The van der Waals surface area contributed by atoms with Gasteiger partial charge in [0.25, 0.3) is 10.0 Å².